The highest BCUT2D eigenvalue weighted by molar-refractivity contribution is 5.85. The molecule has 1 amide bonds. The number of benzene rings is 2. The molecule has 1 atom stereocenters. The lowest BCUT2D eigenvalue weighted by atomic mass is 9.93. The third kappa shape index (κ3) is 4.05. The topological polar surface area (TPSA) is 61.8 Å². The van der Waals surface area contributed by atoms with Crippen LogP contribution in [0.4, 0.5) is 16.2 Å². The molecule has 5 nitrogen and oxygen atoms in total. The lowest BCUT2D eigenvalue weighted by Crippen LogP contribution is -2.37. The van der Waals surface area contributed by atoms with Crippen LogP contribution in [0.5, 0.6) is 5.75 Å². The summed E-state index contributed by atoms with van der Waals surface area (Å²) in [4.78, 5) is 13.4. The summed E-state index contributed by atoms with van der Waals surface area (Å²) in [5, 5.41) is 11.4. The third-order valence-corrected chi connectivity index (χ3v) is 4.55. The minimum atomic E-state index is -1.08. The van der Waals surface area contributed by atoms with E-state index in [1.165, 1.54) is 11.3 Å². The Balaban J connectivity index is 1.71. The lowest BCUT2D eigenvalue weighted by Gasteiger charge is -2.35. The van der Waals surface area contributed by atoms with Crippen molar-refractivity contribution in [3.63, 3.8) is 0 Å². The highest BCUT2D eigenvalue weighted by Crippen LogP contribution is 2.31. The first-order valence-electron chi connectivity index (χ1n) is 8.63. The molecule has 2 N–H and O–H groups in total. The molecule has 1 aliphatic heterocycles. The van der Waals surface area contributed by atoms with Gasteiger partial charge in [0.15, 0.2) is 0 Å². The Labute approximate surface area is 148 Å². The van der Waals surface area contributed by atoms with Crippen LogP contribution in [-0.4, -0.2) is 30.9 Å². The molecule has 0 fully saturated rings. The van der Waals surface area contributed by atoms with Crippen LogP contribution in [-0.2, 0) is 6.42 Å². The fourth-order valence-electron chi connectivity index (χ4n) is 3.38. The number of hydrogen-bond acceptors (Lipinski definition) is 3. The van der Waals surface area contributed by atoms with Gasteiger partial charge in [-0.15, -0.1) is 0 Å². The van der Waals surface area contributed by atoms with Crippen LogP contribution in [0.2, 0.25) is 0 Å². The molecule has 0 spiro atoms. The number of nitrogens with zero attached hydrogens (tertiary/aromatic N) is 1. The second-order valence-corrected chi connectivity index (χ2v) is 6.48. The maximum Gasteiger partial charge on any atom is 0.409 e. The molecule has 0 aliphatic carbocycles. The fraction of sp³-hybridized carbons (Fsp3) is 0.350. The molecule has 0 aromatic heterocycles. The van der Waals surface area contributed by atoms with Crippen LogP contribution in [0.3, 0.4) is 0 Å². The number of carbonyl (C=O) groups is 1. The average Bonchev–Trinajstić information content (AvgIpc) is 2.59. The van der Waals surface area contributed by atoms with Crippen molar-refractivity contribution in [1.82, 2.24) is 0 Å². The van der Waals surface area contributed by atoms with Gasteiger partial charge in [-0.25, -0.2) is 4.79 Å². The van der Waals surface area contributed by atoms with Crippen molar-refractivity contribution in [2.24, 2.45) is 5.92 Å². The zero-order valence-electron chi connectivity index (χ0n) is 14.7. The van der Waals surface area contributed by atoms with Crippen LogP contribution in [0.25, 0.3) is 0 Å². The fourth-order valence-corrected chi connectivity index (χ4v) is 3.38. The standard InChI is InChI=1S/C20H24N2O3/c1-3-22-12-15(11-16-6-4-5-7-18(16)22)13-25-19-9-8-14(2)10-17(19)21-20(23)24/h4-10,15,21H,3,11-13H2,1-2H3,(H,23,24). The molecule has 25 heavy (non-hydrogen) atoms. The van der Waals surface area contributed by atoms with Gasteiger partial charge in [0.2, 0.25) is 0 Å². The number of para-hydroxylation sites is 1. The molecule has 2 aromatic carbocycles. The van der Waals surface area contributed by atoms with E-state index in [2.05, 4.69) is 41.4 Å². The SMILES string of the molecule is CCN1CC(COc2ccc(C)cc2NC(=O)O)Cc2ccccc21. The number of carboxylic acid groups (broad SMARTS) is 1. The van der Waals surface area contributed by atoms with E-state index in [0.29, 0.717) is 24.0 Å². The molecule has 5 heteroatoms. The molecule has 0 bridgehead atoms. The molecule has 0 saturated carbocycles. The largest absolute Gasteiger partial charge is 0.491 e. The molecule has 0 radical (unpaired) electrons. The highest BCUT2D eigenvalue weighted by Gasteiger charge is 2.24. The zero-order valence-corrected chi connectivity index (χ0v) is 14.7. The Hall–Kier alpha value is -2.69. The molecule has 3 rings (SSSR count). The van der Waals surface area contributed by atoms with E-state index in [1.807, 2.05) is 19.1 Å². The maximum absolute atomic E-state index is 11.0. The Kier molecular flexibility index (Phi) is 5.12. The van der Waals surface area contributed by atoms with Crippen molar-refractivity contribution in [1.29, 1.82) is 0 Å². The van der Waals surface area contributed by atoms with Gasteiger partial charge in [-0.05, 0) is 49.6 Å². The van der Waals surface area contributed by atoms with Crippen molar-refractivity contribution < 1.29 is 14.6 Å². The van der Waals surface area contributed by atoms with Gasteiger partial charge in [0.25, 0.3) is 0 Å². The number of aryl methyl sites for hydroxylation is 1. The predicted molar refractivity (Wildman–Crippen MR) is 99.8 cm³/mol. The Morgan fingerprint density at radius 2 is 2.12 bits per heavy atom. The Morgan fingerprint density at radius 3 is 2.88 bits per heavy atom. The molecule has 1 heterocycles. The van der Waals surface area contributed by atoms with E-state index < -0.39 is 6.09 Å². The summed E-state index contributed by atoms with van der Waals surface area (Å²) < 4.78 is 5.99. The van der Waals surface area contributed by atoms with Gasteiger partial charge in [0.1, 0.15) is 5.75 Å². The molecule has 1 aliphatic rings. The third-order valence-electron chi connectivity index (χ3n) is 4.55. The van der Waals surface area contributed by atoms with Gasteiger partial charge in [0.05, 0.1) is 12.3 Å². The number of fused-ring (bicyclic) bond motifs is 1. The van der Waals surface area contributed by atoms with E-state index in [-0.39, 0.29) is 0 Å². The van der Waals surface area contributed by atoms with E-state index >= 15 is 0 Å². The van der Waals surface area contributed by atoms with Gasteiger partial charge in [-0.2, -0.15) is 0 Å². The minimum absolute atomic E-state index is 0.369. The monoisotopic (exact) mass is 340 g/mol. The number of amides is 1. The summed E-state index contributed by atoms with van der Waals surface area (Å²) in [6.07, 6.45) is -0.112. The molecular weight excluding hydrogens is 316 g/mol. The van der Waals surface area contributed by atoms with Crippen molar-refractivity contribution in [2.45, 2.75) is 20.3 Å². The second-order valence-electron chi connectivity index (χ2n) is 6.48. The highest BCUT2D eigenvalue weighted by atomic mass is 16.5. The van der Waals surface area contributed by atoms with Crippen LogP contribution >= 0.6 is 0 Å². The summed E-state index contributed by atoms with van der Waals surface area (Å²) in [6, 6.07) is 14.0. The van der Waals surface area contributed by atoms with Gasteiger partial charge in [0, 0.05) is 24.7 Å². The summed E-state index contributed by atoms with van der Waals surface area (Å²) in [5.41, 5.74) is 4.14. The second kappa shape index (κ2) is 7.47. The number of nitrogens with one attached hydrogen (secondary N) is 1. The van der Waals surface area contributed by atoms with E-state index in [4.69, 9.17) is 9.84 Å². The zero-order chi connectivity index (χ0) is 17.8. The smallest absolute Gasteiger partial charge is 0.409 e. The number of hydrogen-bond donors (Lipinski definition) is 2. The average molecular weight is 340 g/mol. The maximum atomic E-state index is 11.0. The van der Waals surface area contributed by atoms with Crippen LogP contribution in [0.15, 0.2) is 42.5 Å². The number of anilines is 2. The molecular formula is C20H24N2O3. The normalized spacial score (nSPS) is 16.2. The van der Waals surface area contributed by atoms with Gasteiger partial charge >= 0.3 is 6.09 Å². The minimum Gasteiger partial charge on any atom is -0.491 e. The summed E-state index contributed by atoms with van der Waals surface area (Å²) in [7, 11) is 0. The van der Waals surface area contributed by atoms with Crippen molar-refractivity contribution in [3.05, 3.63) is 53.6 Å². The molecule has 2 aromatic rings. The van der Waals surface area contributed by atoms with Gasteiger partial charge in [-0.1, -0.05) is 24.3 Å². The quantitative estimate of drug-likeness (QED) is 0.858. The van der Waals surface area contributed by atoms with Crippen LogP contribution < -0.4 is 15.0 Å². The van der Waals surface area contributed by atoms with Crippen LogP contribution in [0, 0.1) is 12.8 Å². The summed E-state index contributed by atoms with van der Waals surface area (Å²) in [5.74, 6) is 0.948. The van der Waals surface area contributed by atoms with Crippen molar-refractivity contribution in [3.8, 4) is 5.75 Å². The molecule has 132 valence electrons. The van der Waals surface area contributed by atoms with E-state index in [0.717, 1.165) is 25.1 Å². The van der Waals surface area contributed by atoms with E-state index in [9.17, 15) is 4.79 Å². The lowest BCUT2D eigenvalue weighted by molar-refractivity contribution is 0.209. The Morgan fingerprint density at radius 1 is 1.32 bits per heavy atom. The first-order valence-corrected chi connectivity index (χ1v) is 8.63. The van der Waals surface area contributed by atoms with Crippen LogP contribution in [0.1, 0.15) is 18.1 Å². The van der Waals surface area contributed by atoms with Crippen molar-refractivity contribution >= 4 is 17.5 Å². The first kappa shape index (κ1) is 17.1. The summed E-state index contributed by atoms with van der Waals surface area (Å²) >= 11 is 0. The number of ether oxygens (including phenoxy) is 1. The molecule has 0 saturated heterocycles. The molecule has 1 unspecified atom stereocenters. The van der Waals surface area contributed by atoms with Gasteiger partial charge in [-0.3, -0.25) is 5.32 Å². The van der Waals surface area contributed by atoms with E-state index in [1.54, 1.807) is 6.07 Å². The predicted octanol–water partition coefficient (Wildman–Crippen LogP) is 4.16. The van der Waals surface area contributed by atoms with Gasteiger partial charge < -0.3 is 14.7 Å². The summed E-state index contributed by atoms with van der Waals surface area (Å²) in [6.45, 7) is 6.55. The first-order chi connectivity index (χ1) is 12.1. The number of rotatable bonds is 5. The van der Waals surface area contributed by atoms with Crippen molar-refractivity contribution in [2.75, 3.05) is 29.9 Å². The Bertz CT molecular complexity index is 760.